The van der Waals surface area contributed by atoms with Crippen LogP contribution in [0.1, 0.15) is 37.7 Å². The highest BCUT2D eigenvalue weighted by atomic mass is 35.5. The Morgan fingerprint density at radius 2 is 1.81 bits per heavy atom. The Hall–Kier alpha value is -2.68. The molecule has 1 fully saturated rings. The summed E-state index contributed by atoms with van der Waals surface area (Å²) < 4.78 is 14.6. The summed E-state index contributed by atoms with van der Waals surface area (Å²) in [4.78, 5) is 24.3. The first-order chi connectivity index (χ1) is 17.2. The lowest BCUT2D eigenvalue weighted by molar-refractivity contribution is 0.194. The van der Waals surface area contributed by atoms with E-state index < -0.39 is 6.03 Å². The summed E-state index contributed by atoms with van der Waals surface area (Å²) in [7, 11) is 5.86. The van der Waals surface area contributed by atoms with E-state index in [0.717, 1.165) is 5.92 Å². The molecule has 2 aromatic heterocycles. The number of carbonyl (C=O) groups is 1. The molecule has 10 heteroatoms. The summed E-state index contributed by atoms with van der Waals surface area (Å²) in [5.74, 6) is 0.782. The highest BCUT2D eigenvalue weighted by Crippen LogP contribution is 2.38. The van der Waals surface area contributed by atoms with E-state index in [1.54, 1.807) is 12.1 Å². The van der Waals surface area contributed by atoms with Crippen LogP contribution in [0.4, 0.5) is 15.0 Å². The predicted molar refractivity (Wildman–Crippen MR) is 142 cm³/mol. The Balaban J connectivity index is 0.000000256. The van der Waals surface area contributed by atoms with Gasteiger partial charge >= 0.3 is 6.03 Å². The first-order valence-corrected chi connectivity index (χ1v) is 12.7. The fraction of sp³-hybridized carbons (Fsp3) is 0.423. The number of anilines is 1. The van der Waals surface area contributed by atoms with E-state index in [9.17, 15) is 14.4 Å². The van der Waals surface area contributed by atoms with Crippen molar-refractivity contribution in [1.29, 1.82) is 0 Å². The number of urea groups is 1. The normalized spacial score (nSPS) is 16.2. The minimum absolute atomic E-state index is 0.0755. The Kier molecular flexibility index (Phi) is 8.17. The minimum Gasteiger partial charge on any atom is -0.505 e. The van der Waals surface area contributed by atoms with Gasteiger partial charge in [-0.2, -0.15) is 0 Å². The van der Waals surface area contributed by atoms with E-state index in [4.69, 9.17) is 23.2 Å². The van der Waals surface area contributed by atoms with Gasteiger partial charge in [-0.3, -0.25) is 4.98 Å². The Morgan fingerprint density at radius 1 is 1.14 bits per heavy atom. The van der Waals surface area contributed by atoms with E-state index >= 15 is 0 Å². The number of carbonyl (C=O) groups excluding carboxylic acids is 1. The third-order valence-corrected chi connectivity index (χ3v) is 7.10. The monoisotopic (exact) mass is 533 g/mol. The van der Waals surface area contributed by atoms with E-state index in [2.05, 4.69) is 29.0 Å². The number of benzene rings is 1. The minimum atomic E-state index is -0.770. The molecule has 0 radical (unpaired) electrons. The molecule has 1 aliphatic carbocycles. The zero-order valence-electron chi connectivity index (χ0n) is 20.6. The molecular formula is C26H30Cl2FN5O2. The molecule has 3 heterocycles. The van der Waals surface area contributed by atoms with Crippen LogP contribution in [0, 0.1) is 5.92 Å². The number of aromatic hydroxyl groups is 1. The number of fused-ring (bicyclic) bond motifs is 3. The van der Waals surface area contributed by atoms with Crippen molar-refractivity contribution in [3.8, 4) is 17.0 Å². The number of pyridine rings is 2. The molecule has 5 rings (SSSR count). The number of rotatable bonds is 3. The molecule has 1 aliphatic heterocycles. The third kappa shape index (κ3) is 5.66. The molecule has 0 spiro atoms. The summed E-state index contributed by atoms with van der Waals surface area (Å²) in [6.07, 6.45) is 8.89. The molecule has 2 aliphatic rings. The van der Waals surface area contributed by atoms with Crippen LogP contribution in [0.5, 0.6) is 5.75 Å². The Bertz CT molecular complexity index is 1240. The second-order valence-corrected chi connectivity index (χ2v) is 10.5. The standard InChI is InChI=1S/C17H11Cl2FN4O2.C9H19N/c1-23-7-9-6-21-13-3-2-12(8-4-10(18)16(25)11(19)5-8)22-14(13)15(9)24(20)17(23)26;1-10(2)8-9-6-4-3-5-7-9/h2-6,25H,7H2,1H3;9H,3-8H2,1-2H3. The zero-order valence-corrected chi connectivity index (χ0v) is 22.2. The van der Waals surface area contributed by atoms with E-state index in [0.29, 0.717) is 22.3 Å². The van der Waals surface area contributed by atoms with Crippen LogP contribution >= 0.6 is 23.2 Å². The van der Waals surface area contributed by atoms with Crippen molar-refractivity contribution >= 4 is 46.0 Å². The second kappa shape index (κ2) is 11.2. The smallest absolute Gasteiger partial charge is 0.353 e. The van der Waals surface area contributed by atoms with E-state index in [-0.39, 0.29) is 38.7 Å². The van der Waals surface area contributed by atoms with Crippen molar-refractivity contribution in [2.75, 3.05) is 32.8 Å². The number of halogens is 3. The average molecular weight is 534 g/mol. The maximum absolute atomic E-state index is 14.6. The highest BCUT2D eigenvalue weighted by Gasteiger charge is 2.31. The lowest BCUT2D eigenvalue weighted by Gasteiger charge is -2.29. The van der Waals surface area contributed by atoms with Gasteiger partial charge in [0.15, 0.2) is 5.75 Å². The molecule has 0 bridgehead atoms. The molecule has 1 saturated carbocycles. The predicted octanol–water partition coefficient (Wildman–Crippen LogP) is 6.69. The van der Waals surface area contributed by atoms with Gasteiger partial charge < -0.3 is 14.9 Å². The summed E-state index contributed by atoms with van der Waals surface area (Å²) in [5, 5.41) is 9.93. The topological polar surface area (TPSA) is 72.8 Å². The first-order valence-electron chi connectivity index (χ1n) is 12.0. The van der Waals surface area contributed by atoms with Crippen molar-refractivity contribution in [2.45, 2.75) is 38.6 Å². The third-order valence-electron chi connectivity index (χ3n) is 6.52. The average Bonchev–Trinajstić information content (AvgIpc) is 2.85. The summed E-state index contributed by atoms with van der Waals surface area (Å²) in [6, 6.07) is 5.59. The van der Waals surface area contributed by atoms with E-state index in [1.807, 2.05) is 0 Å². The quantitative estimate of drug-likeness (QED) is 0.379. The highest BCUT2D eigenvalue weighted by molar-refractivity contribution is 6.37. The van der Waals surface area contributed by atoms with Gasteiger partial charge in [-0.15, -0.1) is 5.12 Å². The zero-order chi connectivity index (χ0) is 26.0. The molecule has 3 aromatic rings. The van der Waals surface area contributed by atoms with Crippen LogP contribution in [0.2, 0.25) is 10.0 Å². The van der Waals surface area contributed by atoms with E-state index in [1.165, 1.54) is 68.9 Å². The van der Waals surface area contributed by atoms with Crippen LogP contribution in [0.3, 0.4) is 0 Å². The second-order valence-electron chi connectivity index (χ2n) is 9.67. The van der Waals surface area contributed by atoms with Gasteiger partial charge in [0.05, 0.1) is 27.8 Å². The summed E-state index contributed by atoms with van der Waals surface area (Å²) >= 11 is 11.9. The van der Waals surface area contributed by atoms with Crippen LogP contribution in [-0.2, 0) is 6.54 Å². The first kappa shape index (κ1) is 26.4. The number of nitrogens with zero attached hydrogens (tertiary/aromatic N) is 5. The Labute approximate surface area is 220 Å². The molecule has 0 saturated heterocycles. The summed E-state index contributed by atoms with van der Waals surface area (Å²) in [6.45, 7) is 1.54. The maximum Gasteiger partial charge on any atom is 0.353 e. The molecule has 1 N–H and O–H groups in total. The van der Waals surface area contributed by atoms with Gasteiger partial charge in [-0.25, -0.2) is 9.78 Å². The number of aromatic nitrogens is 2. The number of phenols is 1. The van der Waals surface area contributed by atoms with Crippen molar-refractivity contribution in [3.63, 3.8) is 0 Å². The van der Waals surface area contributed by atoms with Crippen LogP contribution < -0.4 is 5.12 Å². The van der Waals surface area contributed by atoms with Crippen LogP contribution in [0.25, 0.3) is 22.3 Å². The van der Waals surface area contributed by atoms with Gasteiger partial charge in [0.1, 0.15) is 11.2 Å². The molecule has 192 valence electrons. The number of hydrogen-bond donors (Lipinski definition) is 1. The molecular weight excluding hydrogens is 504 g/mol. The SMILES string of the molecule is CN(C)CC1CCCCC1.CN1Cc2cnc3ccc(-c4cc(Cl)c(O)c(Cl)c4)nc3c2N(F)C1=O. The number of amides is 2. The van der Waals surface area contributed by atoms with Crippen molar-refractivity contribution < 1.29 is 14.4 Å². The van der Waals surface area contributed by atoms with Crippen molar-refractivity contribution in [2.24, 2.45) is 5.92 Å². The largest absolute Gasteiger partial charge is 0.505 e. The Morgan fingerprint density at radius 3 is 2.44 bits per heavy atom. The lowest BCUT2D eigenvalue weighted by atomic mass is 9.89. The molecule has 36 heavy (non-hydrogen) atoms. The van der Waals surface area contributed by atoms with Crippen LogP contribution in [-0.4, -0.2) is 58.6 Å². The van der Waals surface area contributed by atoms with Gasteiger partial charge in [-0.05, 0) is 57.1 Å². The fourth-order valence-electron chi connectivity index (χ4n) is 4.75. The van der Waals surface area contributed by atoms with Gasteiger partial charge in [-0.1, -0.05) is 46.9 Å². The molecule has 7 nitrogen and oxygen atoms in total. The fourth-order valence-corrected chi connectivity index (χ4v) is 5.24. The lowest BCUT2D eigenvalue weighted by Crippen LogP contribution is -2.40. The maximum atomic E-state index is 14.6. The molecule has 0 unspecified atom stereocenters. The number of hydrogen-bond acceptors (Lipinski definition) is 5. The van der Waals surface area contributed by atoms with Crippen LogP contribution in [0.15, 0.2) is 30.5 Å². The van der Waals surface area contributed by atoms with Gasteiger partial charge in [0, 0.05) is 30.9 Å². The molecule has 2 amide bonds. The van der Waals surface area contributed by atoms with Gasteiger partial charge in [0.2, 0.25) is 0 Å². The molecule has 1 aromatic carbocycles. The summed E-state index contributed by atoms with van der Waals surface area (Å²) in [5.41, 5.74) is 2.33. The molecule has 0 atom stereocenters. The number of phenolic OH excluding ortho intramolecular Hbond substituents is 1. The van der Waals surface area contributed by atoms with Crippen molar-refractivity contribution in [3.05, 3.63) is 46.1 Å². The van der Waals surface area contributed by atoms with Crippen molar-refractivity contribution in [1.82, 2.24) is 19.8 Å². The van der Waals surface area contributed by atoms with Gasteiger partial charge in [0.25, 0.3) is 0 Å².